The molecule has 0 N–H and O–H groups in total. The Balaban J connectivity index is 1.24. The molecule has 11 rings (SSSR count). The zero-order valence-corrected chi connectivity index (χ0v) is 28.4. The van der Waals surface area contributed by atoms with Crippen molar-refractivity contribution in [3.63, 3.8) is 0 Å². The van der Waals surface area contributed by atoms with Crippen LogP contribution in [0.5, 0.6) is 11.5 Å². The van der Waals surface area contributed by atoms with Crippen molar-refractivity contribution in [3.05, 3.63) is 216 Å². The van der Waals surface area contributed by atoms with E-state index in [-0.39, 0.29) is 0 Å². The van der Waals surface area contributed by atoms with Crippen molar-refractivity contribution < 1.29 is 4.74 Å². The first-order valence-corrected chi connectivity index (χ1v) is 18.0. The Morgan fingerprint density at radius 2 is 1.00 bits per heavy atom. The van der Waals surface area contributed by atoms with Gasteiger partial charge in [-0.1, -0.05) is 164 Å². The lowest BCUT2D eigenvalue weighted by Gasteiger charge is -2.35. The summed E-state index contributed by atoms with van der Waals surface area (Å²) in [4.78, 5) is 0. The average Bonchev–Trinajstić information content (AvgIpc) is 3.54. The van der Waals surface area contributed by atoms with Gasteiger partial charge in [-0.2, -0.15) is 0 Å². The van der Waals surface area contributed by atoms with Crippen LogP contribution in [0.2, 0.25) is 0 Å². The molecule has 0 saturated heterocycles. The molecule has 0 unspecified atom stereocenters. The largest absolute Gasteiger partial charge is 0.456 e. The lowest BCUT2D eigenvalue weighted by atomic mass is 9.66. The molecule has 0 atom stereocenters. The van der Waals surface area contributed by atoms with Crippen LogP contribution in [0.4, 0.5) is 0 Å². The first-order valence-electron chi connectivity index (χ1n) is 18.0. The zero-order valence-electron chi connectivity index (χ0n) is 28.4. The van der Waals surface area contributed by atoms with Gasteiger partial charge in [0.05, 0.1) is 5.41 Å². The van der Waals surface area contributed by atoms with Crippen LogP contribution in [-0.2, 0) is 5.41 Å². The second-order valence-electron chi connectivity index (χ2n) is 14.0. The van der Waals surface area contributed by atoms with E-state index in [9.17, 15) is 0 Å². The van der Waals surface area contributed by atoms with Gasteiger partial charge in [-0.15, -0.1) is 0 Å². The molecular weight excluding hydrogens is 629 g/mol. The Morgan fingerprint density at radius 3 is 1.77 bits per heavy atom. The summed E-state index contributed by atoms with van der Waals surface area (Å²) >= 11 is 0. The summed E-state index contributed by atoms with van der Waals surface area (Å²) in [6.45, 7) is 0. The summed E-state index contributed by atoms with van der Waals surface area (Å²) in [5.74, 6) is 1.81. The van der Waals surface area contributed by atoms with Crippen molar-refractivity contribution in [2.24, 2.45) is 0 Å². The third-order valence-electron chi connectivity index (χ3n) is 11.3. The summed E-state index contributed by atoms with van der Waals surface area (Å²) in [5.41, 5.74) is 14.4. The highest BCUT2D eigenvalue weighted by Crippen LogP contribution is 2.60. The third kappa shape index (κ3) is 4.05. The van der Waals surface area contributed by atoms with E-state index in [1.807, 2.05) is 0 Å². The minimum Gasteiger partial charge on any atom is -0.456 e. The fraction of sp³-hybridized carbons (Fsp3) is 0.0196. The number of rotatable bonds is 4. The molecule has 0 fully saturated rings. The monoisotopic (exact) mass is 660 g/mol. The summed E-state index contributed by atoms with van der Waals surface area (Å²) in [5, 5.41) is 4.86. The smallest absolute Gasteiger partial charge is 0.135 e. The number of hydrogen-bond acceptors (Lipinski definition) is 1. The molecule has 0 bridgehead atoms. The van der Waals surface area contributed by atoms with E-state index in [2.05, 4.69) is 194 Å². The molecular formula is C51H32O. The normalized spacial score (nSPS) is 13.3. The highest BCUT2D eigenvalue weighted by molar-refractivity contribution is 6.08. The molecule has 0 aromatic heterocycles. The Kier molecular flexibility index (Phi) is 6.23. The maximum atomic E-state index is 6.49. The highest BCUT2D eigenvalue weighted by Gasteiger charge is 2.48. The number of ether oxygens (including phenoxy) is 1. The van der Waals surface area contributed by atoms with Crippen molar-refractivity contribution in [1.29, 1.82) is 0 Å². The van der Waals surface area contributed by atoms with Crippen molar-refractivity contribution in [1.82, 2.24) is 0 Å². The summed E-state index contributed by atoms with van der Waals surface area (Å²) in [6, 6.07) is 71.2. The quantitative estimate of drug-likeness (QED) is 0.183. The first-order chi connectivity index (χ1) is 25.8. The van der Waals surface area contributed by atoms with Crippen LogP contribution >= 0.6 is 0 Å². The summed E-state index contributed by atoms with van der Waals surface area (Å²) in [7, 11) is 0. The summed E-state index contributed by atoms with van der Waals surface area (Å²) < 4.78 is 6.49. The maximum absolute atomic E-state index is 6.49. The minimum absolute atomic E-state index is 0.529. The lowest BCUT2D eigenvalue weighted by Crippen LogP contribution is -2.28. The van der Waals surface area contributed by atoms with E-state index in [1.54, 1.807) is 0 Å². The Labute approximate surface area is 303 Å². The standard InChI is InChI=1S/C51H32O/c1-4-14-33(15-5-1)42-32-37-27-26-35(36-28-29-46-44(31-36)40-23-12-16-34-17-13-25-47(52-46)48(34)40)30-43(37)50-49(42)41-22-10-11-24-45(41)51(50,38-18-6-2-7-19-38)39-20-8-3-9-21-39/h1-32H. The topological polar surface area (TPSA) is 9.23 Å². The SMILES string of the molecule is c1ccc(-c2cc3ccc(-c4ccc5c(c4)-c4cccc6cccc(c46)O5)cc3c3c2-c2ccccc2C3(c2ccccc2)c2ccccc2)cc1. The molecule has 52 heavy (non-hydrogen) atoms. The molecule has 1 heteroatoms. The molecule has 0 radical (unpaired) electrons. The average molecular weight is 661 g/mol. The number of benzene rings is 9. The van der Waals surface area contributed by atoms with Gasteiger partial charge in [-0.05, 0) is 108 Å². The maximum Gasteiger partial charge on any atom is 0.135 e. The fourth-order valence-electron chi connectivity index (χ4n) is 9.14. The van der Waals surface area contributed by atoms with Gasteiger partial charge in [0.25, 0.3) is 0 Å². The Hall–Kier alpha value is -6.70. The van der Waals surface area contributed by atoms with Gasteiger partial charge in [0.15, 0.2) is 0 Å². The predicted octanol–water partition coefficient (Wildman–Crippen LogP) is 13.5. The molecule has 0 spiro atoms. The van der Waals surface area contributed by atoms with E-state index in [0.717, 1.165) is 17.1 Å². The van der Waals surface area contributed by atoms with Crippen LogP contribution in [0.25, 0.3) is 66.1 Å². The van der Waals surface area contributed by atoms with Crippen LogP contribution in [0.3, 0.4) is 0 Å². The lowest BCUT2D eigenvalue weighted by molar-refractivity contribution is 0.487. The second-order valence-corrected chi connectivity index (χ2v) is 14.0. The fourth-order valence-corrected chi connectivity index (χ4v) is 9.14. The summed E-state index contributed by atoms with van der Waals surface area (Å²) in [6.07, 6.45) is 0. The third-order valence-corrected chi connectivity index (χ3v) is 11.3. The van der Waals surface area contributed by atoms with E-state index in [4.69, 9.17) is 4.74 Å². The van der Waals surface area contributed by atoms with Gasteiger partial charge in [0.2, 0.25) is 0 Å². The highest BCUT2D eigenvalue weighted by atomic mass is 16.5. The molecule has 1 aliphatic carbocycles. The van der Waals surface area contributed by atoms with Crippen molar-refractivity contribution >= 4 is 21.5 Å². The molecule has 1 nitrogen and oxygen atoms in total. The van der Waals surface area contributed by atoms with Crippen LogP contribution in [0.1, 0.15) is 22.3 Å². The van der Waals surface area contributed by atoms with Gasteiger partial charge in [-0.3, -0.25) is 0 Å². The molecule has 0 amide bonds. The zero-order chi connectivity index (χ0) is 34.2. The molecule has 2 aliphatic rings. The van der Waals surface area contributed by atoms with E-state index in [0.29, 0.717) is 0 Å². The van der Waals surface area contributed by atoms with Crippen molar-refractivity contribution in [2.45, 2.75) is 5.41 Å². The Bertz CT molecular complexity index is 2810. The molecule has 242 valence electrons. The van der Waals surface area contributed by atoms with Gasteiger partial charge in [0.1, 0.15) is 11.5 Å². The van der Waals surface area contributed by atoms with Crippen molar-refractivity contribution in [3.8, 4) is 56.0 Å². The second kappa shape index (κ2) is 11.2. The predicted molar refractivity (Wildman–Crippen MR) is 215 cm³/mol. The van der Waals surface area contributed by atoms with Gasteiger partial charge < -0.3 is 4.74 Å². The van der Waals surface area contributed by atoms with Gasteiger partial charge in [0, 0.05) is 10.9 Å². The molecule has 9 aromatic rings. The van der Waals surface area contributed by atoms with Crippen LogP contribution < -0.4 is 4.74 Å². The van der Waals surface area contributed by atoms with Crippen LogP contribution in [0.15, 0.2) is 194 Å². The van der Waals surface area contributed by atoms with Crippen LogP contribution in [0, 0.1) is 0 Å². The van der Waals surface area contributed by atoms with Gasteiger partial charge >= 0.3 is 0 Å². The van der Waals surface area contributed by atoms with E-state index < -0.39 is 5.41 Å². The van der Waals surface area contributed by atoms with Crippen LogP contribution in [-0.4, -0.2) is 0 Å². The van der Waals surface area contributed by atoms with E-state index >= 15 is 0 Å². The van der Waals surface area contributed by atoms with E-state index in [1.165, 1.54) is 82.7 Å². The molecule has 0 saturated carbocycles. The van der Waals surface area contributed by atoms with Crippen molar-refractivity contribution in [2.75, 3.05) is 0 Å². The Morgan fingerprint density at radius 1 is 0.365 bits per heavy atom. The molecule has 1 heterocycles. The number of fused-ring (bicyclic) bond motifs is 7. The molecule has 1 aliphatic heterocycles. The number of hydrogen-bond donors (Lipinski definition) is 0. The molecule has 9 aromatic carbocycles. The van der Waals surface area contributed by atoms with Gasteiger partial charge in [-0.25, -0.2) is 0 Å². The first kappa shape index (κ1) is 29.1. The minimum atomic E-state index is -0.529.